The number of hydrogen-bond donors (Lipinski definition) is 1. The van der Waals surface area contributed by atoms with Crippen LogP contribution in [0.3, 0.4) is 0 Å². The zero-order chi connectivity index (χ0) is 16.4. The van der Waals surface area contributed by atoms with E-state index in [1.807, 2.05) is 18.2 Å². The maximum atomic E-state index is 9.22. The highest BCUT2D eigenvalue weighted by Crippen LogP contribution is 2.25. The lowest BCUT2D eigenvalue weighted by atomic mass is 10.00. The Labute approximate surface area is 130 Å². The fourth-order valence-corrected chi connectivity index (χ4v) is 1.63. The Kier molecular flexibility index (Phi) is 9.81. The lowest BCUT2D eigenvalue weighted by molar-refractivity contribution is 0.199. The van der Waals surface area contributed by atoms with Crippen molar-refractivity contribution in [3.63, 3.8) is 0 Å². The molecule has 0 saturated carbocycles. The van der Waals surface area contributed by atoms with Crippen molar-refractivity contribution >= 4 is 6.08 Å². The monoisotopic (exact) mass is 292 g/mol. The second-order valence-corrected chi connectivity index (χ2v) is 6.38. The molecule has 1 aromatic rings. The first-order chi connectivity index (χ1) is 9.77. The van der Waals surface area contributed by atoms with E-state index in [-0.39, 0.29) is 6.10 Å². The molecule has 0 radical (unpaired) electrons. The molecule has 120 valence electrons. The van der Waals surface area contributed by atoms with Gasteiger partial charge in [-0.25, -0.2) is 0 Å². The van der Waals surface area contributed by atoms with Gasteiger partial charge in [-0.3, -0.25) is 0 Å². The molecule has 0 aliphatic carbocycles. The quantitative estimate of drug-likeness (QED) is 0.801. The Morgan fingerprint density at radius 1 is 1.10 bits per heavy atom. The average molecular weight is 292 g/mol. The molecule has 2 heteroatoms. The first-order valence-electron chi connectivity index (χ1n) is 7.80. The van der Waals surface area contributed by atoms with Crippen molar-refractivity contribution in [2.24, 2.45) is 5.92 Å². The molecule has 0 aliphatic heterocycles. The minimum Gasteiger partial charge on any atom is -0.496 e. The zero-order valence-corrected chi connectivity index (χ0v) is 14.7. The summed E-state index contributed by atoms with van der Waals surface area (Å²) in [5, 5.41) is 9.22. The molecule has 21 heavy (non-hydrogen) atoms. The van der Waals surface area contributed by atoms with Crippen molar-refractivity contribution in [1.82, 2.24) is 0 Å². The average Bonchev–Trinajstić information content (AvgIpc) is 2.37. The van der Waals surface area contributed by atoms with Gasteiger partial charge in [0.1, 0.15) is 5.75 Å². The van der Waals surface area contributed by atoms with E-state index in [9.17, 15) is 5.11 Å². The third-order valence-electron chi connectivity index (χ3n) is 2.70. The van der Waals surface area contributed by atoms with Gasteiger partial charge in [-0.2, -0.15) is 0 Å². The Morgan fingerprint density at radius 3 is 2.10 bits per heavy atom. The first-order valence-corrected chi connectivity index (χ1v) is 7.80. The van der Waals surface area contributed by atoms with E-state index in [1.165, 1.54) is 5.56 Å². The molecule has 0 aromatic heterocycles. The van der Waals surface area contributed by atoms with Crippen LogP contribution >= 0.6 is 0 Å². The highest BCUT2D eigenvalue weighted by Gasteiger charge is 2.04. The van der Waals surface area contributed by atoms with Gasteiger partial charge < -0.3 is 9.84 Å². The van der Waals surface area contributed by atoms with E-state index in [0.717, 1.165) is 17.2 Å². The highest BCUT2D eigenvalue weighted by atomic mass is 16.5. The Bertz CT molecular complexity index is 415. The molecule has 0 fully saturated rings. The van der Waals surface area contributed by atoms with Gasteiger partial charge >= 0.3 is 0 Å². The van der Waals surface area contributed by atoms with Gasteiger partial charge in [0.2, 0.25) is 0 Å². The summed E-state index contributed by atoms with van der Waals surface area (Å²) in [4.78, 5) is 0. The zero-order valence-electron chi connectivity index (χ0n) is 14.7. The fourth-order valence-electron chi connectivity index (χ4n) is 1.63. The van der Waals surface area contributed by atoms with Gasteiger partial charge in [-0.05, 0) is 42.9 Å². The number of aliphatic hydroxyl groups is 1. The van der Waals surface area contributed by atoms with Crippen LogP contribution in [0.1, 0.15) is 65.0 Å². The summed E-state index contributed by atoms with van der Waals surface area (Å²) >= 11 is 0. The number of benzene rings is 1. The Morgan fingerprint density at radius 2 is 1.67 bits per heavy atom. The van der Waals surface area contributed by atoms with Gasteiger partial charge in [0.25, 0.3) is 0 Å². The van der Waals surface area contributed by atoms with Crippen LogP contribution in [-0.2, 0) is 0 Å². The number of methoxy groups -OCH3 is 1. The van der Waals surface area contributed by atoms with E-state index in [0.29, 0.717) is 12.3 Å². The van der Waals surface area contributed by atoms with Gasteiger partial charge in [-0.1, -0.05) is 52.8 Å². The molecule has 1 rings (SSSR count). The number of ether oxygens (including phenoxy) is 1. The molecule has 0 spiro atoms. The topological polar surface area (TPSA) is 29.5 Å². The molecule has 1 N–H and O–H groups in total. The van der Waals surface area contributed by atoms with Crippen molar-refractivity contribution < 1.29 is 9.84 Å². The number of aliphatic hydroxyl groups excluding tert-OH is 1. The molecule has 2 nitrogen and oxygen atoms in total. The normalized spacial score (nSPS) is 12.5. The van der Waals surface area contributed by atoms with E-state index >= 15 is 0 Å². The summed E-state index contributed by atoms with van der Waals surface area (Å²) in [7, 11) is 1.68. The molecular weight excluding hydrogens is 260 g/mol. The van der Waals surface area contributed by atoms with Crippen LogP contribution in [0.15, 0.2) is 24.3 Å². The summed E-state index contributed by atoms with van der Waals surface area (Å²) < 4.78 is 5.32. The van der Waals surface area contributed by atoms with Crippen molar-refractivity contribution in [2.75, 3.05) is 7.11 Å². The predicted molar refractivity (Wildman–Crippen MR) is 92.9 cm³/mol. The van der Waals surface area contributed by atoms with Crippen LogP contribution in [0.5, 0.6) is 5.75 Å². The Balaban J connectivity index is 0.000000885. The smallest absolute Gasteiger partial charge is 0.126 e. The van der Waals surface area contributed by atoms with Gasteiger partial charge in [0, 0.05) is 5.56 Å². The van der Waals surface area contributed by atoms with Gasteiger partial charge in [0.15, 0.2) is 0 Å². The van der Waals surface area contributed by atoms with E-state index in [4.69, 9.17) is 4.74 Å². The van der Waals surface area contributed by atoms with Crippen LogP contribution in [-0.4, -0.2) is 18.3 Å². The standard InChI is InChI=1S/C15H22O2.C4H10/c1-11(2)13-8-9-15(17-4)14(10-13)7-5-6-12(3)16;1-4(2)3/h5,7-12,16H,6H2,1-4H3;4H,1-3H3/b7-5+;/t12-;/m0./s1. The number of rotatable bonds is 5. The summed E-state index contributed by atoms with van der Waals surface area (Å²) in [6.45, 7) is 12.6. The molecule has 0 amide bonds. The van der Waals surface area contributed by atoms with Crippen molar-refractivity contribution in [2.45, 2.75) is 60.0 Å². The van der Waals surface area contributed by atoms with Crippen LogP contribution in [0.2, 0.25) is 0 Å². The maximum absolute atomic E-state index is 9.22. The van der Waals surface area contributed by atoms with Crippen LogP contribution in [0.25, 0.3) is 6.08 Å². The maximum Gasteiger partial charge on any atom is 0.126 e. The molecule has 1 aromatic carbocycles. The number of hydrogen-bond acceptors (Lipinski definition) is 2. The largest absolute Gasteiger partial charge is 0.496 e. The summed E-state index contributed by atoms with van der Waals surface area (Å²) in [6.07, 6.45) is 4.35. The molecule has 0 unspecified atom stereocenters. The SMILES string of the molecule is CC(C)C.COc1ccc(C(C)C)cc1/C=C/C[C@H](C)O. The van der Waals surface area contributed by atoms with Crippen molar-refractivity contribution in [3.8, 4) is 5.75 Å². The van der Waals surface area contributed by atoms with Crippen LogP contribution in [0.4, 0.5) is 0 Å². The lowest BCUT2D eigenvalue weighted by Gasteiger charge is -2.10. The van der Waals surface area contributed by atoms with Crippen molar-refractivity contribution in [1.29, 1.82) is 0 Å². The molecule has 0 aliphatic rings. The summed E-state index contributed by atoms with van der Waals surface area (Å²) in [6, 6.07) is 6.23. The predicted octanol–water partition coefficient (Wildman–Crippen LogP) is 5.27. The third-order valence-corrected chi connectivity index (χ3v) is 2.70. The highest BCUT2D eigenvalue weighted by molar-refractivity contribution is 5.58. The van der Waals surface area contributed by atoms with Gasteiger partial charge in [0.05, 0.1) is 13.2 Å². The van der Waals surface area contributed by atoms with Crippen molar-refractivity contribution in [3.05, 3.63) is 35.4 Å². The second-order valence-electron chi connectivity index (χ2n) is 6.38. The molecule has 0 heterocycles. The van der Waals surface area contributed by atoms with Gasteiger partial charge in [-0.15, -0.1) is 0 Å². The first kappa shape index (κ1) is 19.7. The molecule has 0 bridgehead atoms. The Hall–Kier alpha value is -1.28. The third kappa shape index (κ3) is 9.30. The molecule has 1 atom stereocenters. The van der Waals surface area contributed by atoms with Crippen LogP contribution in [0, 0.1) is 5.92 Å². The minimum absolute atomic E-state index is 0.300. The van der Waals surface area contributed by atoms with E-state index in [2.05, 4.69) is 46.8 Å². The minimum atomic E-state index is -0.300. The van der Waals surface area contributed by atoms with E-state index in [1.54, 1.807) is 14.0 Å². The molecule has 0 saturated heterocycles. The van der Waals surface area contributed by atoms with E-state index < -0.39 is 0 Å². The second kappa shape index (κ2) is 10.4. The molecular formula is C19H32O2. The summed E-state index contributed by atoms with van der Waals surface area (Å²) in [5.41, 5.74) is 2.36. The summed E-state index contributed by atoms with van der Waals surface area (Å²) in [5.74, 6) is 2.21. The fraction of sp³-hybridized carbons (Fsp3) is 0.579. The lowest BCUT2D eigenvalue weighted by Crippen LogP contribution is -1.96. The van der Waals surface area contributed by atoms with Crippen LogP contribution < -0.4 is 4.74 Å².